The van der Waals surface area contributed by atoms with Gasteiger partial charge in [0.2, 0.25) is 0 Å². The molecule has 1 aromatic rings. The zero-order valence-corrected chi connectivity index (χ0v) is 14.6. The number of benzene rings is 1. The lowest BCUT2D eigenvalue weighted by atomic mass is 9.74. The molecule has 6 heteroatoms. The molecule has 0 radical (unpaired) electrons. The lowest BCUT2D eigenvalue weighted by Gasteiger charge is -2.38. The van der Waals surface area contributed by atoms with Gasteiger partial charge in [0.15, 0.2) is 0 Å². The lowest BCUT2D eigenvalue weighted by molar-refractivity contribution is 0.0184. The Morgan fingerprint density at radius 1 is 1.33 bits per heavy atom. The van der Waals surface area contributed by atoms with Crippen LogP contribution >= 0.6 is 0 Å². The van der Waals surface area contributed by atoms with Crippen molar-refractivity contribution in [1.82, 2.24) is 4.90 Å². The summed E-state index contributed by atoms with van der Waals surface area (Å²) in [6.45, 7) is 6.11. The lowest BCUT2D eigenvalue weighted by Crippen LogP contribution is -2.46. The highest BCUT2D eigenvalue weighted by Crippen LogP contribution is 2.38. The van der Waals surface area contributed by atoms with Crippen LogP contribution in [0, 0.1) is 17.1 Å². The van der Waals surface area contributed by atoms with Gasteiger partial charge < -0.3 is 14.4 Å². The average Bonchev–Trinajstić information content (AvgIpc) is 2.54. The largest absolute Gasteiger partial charge is 0.497 e. The monoisotopic (exact) mass is 334 g/mol. The Morgan fingerprint density at radius 2 is 1.96 bits per heavy atom. The molecule has 1 saturated heterocycles. The number of nitriles is 1. The van der Waals surface area contributed by atoms with Gasteiger partial charge in [0.05, 0.1) is 18.6 Å². The smallest absolute Gasteiger partial charge is 0.410 e. The second kappa shape index (κ2) is 6.68. The molecule has 0 spiro atoms. The number of nitrogens with zero attached hydrogens (tertiary/aromatic N) is 2. The molecule has 1 aromatic carbocycles. The van der Waals surface area contributed by atoms with Gasteiger partial charge in [-0.2, -0.15) is 5.26 Å². The van der Waals surface area contributed by atoms with Crippen LogP contribution in [0.5, 0.6) is 5.75 Å². The summed E-state index contributed by atoms with van der Waals surface area (Å²) in [6.07, 6.45) is 0.305. The van der Waals surface area contributed by atoms with E-state index in [1.807, 2.05) is 0 Å². The summed E-state index contributed by atoms with van der Waals surface area (Å²) >= 11 is 0. The van der Waals surface area contributed by atoms with Gasteiger partial charge in [0.25, 0.3) is 0 Å². The van der Waals surface area contributed by atoms with Crippen molar-refractivity contribution < 1.29 is 18.7 Å². The number of rotatable bonds is 2. The molecule has 0 unspecified atom stereocenters. The van der Waals surface area contributed by atoms with Crippen LogP contribution in [0.2, 0.25) is 0 Å². The van der Waals surface area contributed by atoms with Crippen LogP contribution in [0.4, 0.5) is 9.18 Å². The minimum absolute atomic E-state index is 0.327. The van der Waals surface area contributed by atoms with Crippen LogP contribution in [0.1, 0.15) is 39.2 Å². The van der Waals surface area contributed by atoms with Crippen LogP contribution in [-0.4, -0.2) is 36.8 Å². The molecule has 0 saturated carbocycles. The van der Waals surface area contributed by atoms with Crippen LogP contribution in [0.25, 0.3) is 0 Å². The minimum Gasteiger partial charge on any atom is -0.497 e. The molecule has 24 heavy (non-hydrogen) atoms. The number of hydrogen-bond acceptors (Lipinski definition) is 4. The zero-order valence-electron chi connectivity index (χ0n) is 14.6. The second-order valence-electron chi connectivity index (χ2n) is 7.01. The standard InChI is InChI=1S/C18H23FN2O3/c1-17(2,3)24-16(22)21-9-7-18(12-20,8-10-21)14-11-13(23-4)5-6-15(14)19/h5-6,11H,7-10H2,1-4H3. The molecule has 0 aliphatic carbocycles. The summed E-state index contributed by atoms with van der Waals surface area (Å²) in [5, 5.41) is 9.70. The normalized spacial score (nSPS) is 17.1. The van der Waals surface area contributed by atoms with Crippen molar-refractivity contribution in [2.75, 3.05) is 20.2 Å². The number of carbonyl (C=O) groups excluding carboxylic acids is 1. The van der Waals surface area contributed by atoms with Crippen LogP contribution in [-0.2, 0) is 10.2 Å². The van der Waals surface area contributed by atoms with E-state index in [4.69, 9.17) is 9.47 Å². The predicted octanol–water partition coefficient (Wildman–Crippen LogP) is 3.63. The highest BCUT2D eigenvalue weighted by molar-refractivity contribution is 5.68. The number of halogens is 1. The third kappa shape index (κ3) is 3.78. The van der Waals surface area contributed by atoms with Gasteiger partial charge in [0.1, 0.15) is 17.2 Å². The molecule has 1 heterocycles. The number of carbonyl (C=O) groups is 1. The third-order valence-corrected chi connectivity index (χ3v) is 4.17. The number of amides is 1. The van der Waals surface area contributed by atoms with Gasteiger partial charge in [-0.05, 0) is 51.8 Å². The molecular weight excluding hydrogens is 311 g/mol. The molecule has 5 nitrogen and oxygen atoms in total. The first kappa shape index (κ1) is 18.1. The average molecular weight is 334 g/mol. The molecule has 1 aliphatic rings. The Balaban J connectivity index is 2.18. The van der Waals surface area contributed by atoms with Gasteiger partial charge in [-0.1, -0.05) is 0 Å². The summed E-state index contributed by atoms with van der Waals surface area (Å²) in [5.41, 5.74) is -1.20. The SMILES string of the molecule is COc1ccc(F)c(C2(C#N)CCN(C(=O)OC(C)(C)C)CC2)c1. The van der Waals surface area contributed by atoms with Crippen molar-refractivity contribution in [3.8, 4) is 11.8 Å². The summed E-state index contributed by atoms with van der Waals surface area (Å²) in [6, 6.07) is 6.67. The number of hydrogen-bond donors (Lipinski definition) is 0. The molecule has 0 aromatic heterocycles. The van der Waals surface area contributed by atoms with Crippen molar-refractivity contribution in [1.29, 1.82) is 5.26 Å². The van der Waals surface area contributed by atoms with E-state index in [9.17, 15) is 14.4 Å². The van der Waals surface area contributed by atoms with E-state index < -0.39 is 22.9 Å². The van der Waals surface area contributed by atoms with E-state index in [-0.39, 0.29) is 0 Å². The van der Waals surface area contributed by atoms with E-state index in [0.29, 0.717) is 37.2 Å². The Hall–Kier alpha value is -2.29. The molecule has 0 bridgehead atoms. The number of methoxy groups -OCH3 is 1. The molecule has 130 valence electrons. The van der Waals surface area contributed by atoms with E-state index in [0.717, 1.165) is 0 Å². The fourth-order valence-corrected chi connectivity index (χ4v) is 2.84. The zero-order chi connectivity index (χ0) is 18.0. The fourth-order valence-electron chi connectivity index (χ4n) is 2.84. The maximum atomic E-state index is 14.3. The summed E-state index contributed by atoms with van der Waals surface area (Å²) in [4.78, 5) is 13.7. The van der Waals surface area contributed by atoms with Gasteiger partial charge in [-0.15, -0.1) is 0 Å². The Labute approximate surface area is 142 Å². The molecule has 2 rings (SSSR count). The molecule has 1 aliphatic heterocycles. The fraction of sp³-hybridized carbons (Fsp3) is 0.556. The van der Waals surface area contributed by atoms with Gasteiger partial charge in [-0.3, -0.25) is 0 Å². The highest BCUT2D eigenvalue weighted by atomic mass is 19.1. The number of piperidine rings is 1. The first-order chi connectivity index (χ1) is 11.2. The first-order valence-corrected chi connectivity index (χ1v) is 7.94. The molecule has 0 N–H and O–H groups in total. The Kier molecular flexibility index (Phi) is 5.02. The first-order valence-electron chi connectivity index (χ1n) is 7.94. The van der Waals surface area contributed by atoms with Gasteiger partial charge in [0, 0.05) is 18.7 Å². The maximum Gasteiger partial charge on any atom is 0.410 e. The van der Waals surface area contributed by atoms with Crippen molar-refractivity contribution in [3.63, 3.8) is 0 Å². The quantitative estimate of drug-likeness (QED) is 0.828. The second-order valence-corrected chi connectivity index (χ2v) is 7.01. The molecule has 1 fully saturated rings. The predicted molar refractivity (Wildman–Crippen MR) is 87.3 cm³/mol. The molecule has 0 atom stereocenters. The van der Waals surface area contributed by atoms with E-state index in [2.05, 4.69) is 6.07 Å². The molecular formula is C18H23FN2O3. The highest BCUT2D eigenvalue weighted by Gasteiger charge is 2.40. The Bertz CT molecular complexity index is 653. The topological polar surface area (TPSA) is 62.6 Å². The molecule has 1 amide bonds. The van der Waals surface area contributed by atoms with E-state index in [1.165, 1.54) is 19.2 Å². The third-order valence-electron chi connectivity index (χ3n) is 4.17. The van der Waals surface area contributed by atoms with Crippen LogP contribution < -0.4 is 4.74 Å². The van der Waals surface area contributed by atoms with E-state index >= 15 is 0 Å². The minimum atomic E-state index is -0.961. The summed E-state index contributed by atoms with van der Waals surface area (Å²) in [5.74, 6) is 0.0821. The van der Waals surface area contributed by atoms with Crippen molar-refractivity contribution >= 4 is 6.09 Å². The van der Waals surface area contributed by atoms with E-state index in [1.54, 1.807) is 31.7 Å². The number of ether oxygens (including phenoxy) is 2. The van der Waals surface area contributed by atoms with Crippen molar-refractivity contribution in [3.05, 3.63) is 29.6 Å². The summed E-state index contributed by atoms with van der Waals surface area (Å²) in [7, 11) is 1.50. The van der Waals surface area contributed by atoms with Crippen LogP contribution in [0.15, 0.2) is 18.2 Å². The van der Waals surface area contributed by atoms with Gasteiger partial charge >= 0.3 is 6.09 Å². The summed E-state index contributed by atoms with van der Waals surface area (Å²) < 4.78 is 24.8. The van der Waals surface area contributed by atoms with Crippen molar-refractivity contribution in [2.24, 2.45) is 0 Å². The maximum absolute atomic E-state index is 14.3. The Morgan fingerprint density at radius 3 is 2.46 bits per heavy atom. The van der Waals surface area contributed by atoms with Crippen LogP contribution in [0.3, 0.4) is 0 Å². The number of likely N-dealkylation sites (tertiary alicyclic amines) is 1. The van der Waals surface area contributed by atoms with Crippen molar-refractivity contribution in [2.45, 2.75) is 44.6 Å². The van der Waals surface area contributed by atoms with Gasteiger partial charge in [-0.25, -0.2) is 9.18 Å².